The number of halogens is 3. The standard InChI is InChI=1S/C15H15F3N2O/c1-9-5-6-13(16)12(7-9)14(20-19)10-3-2-4-11(8-10)21-15(17)18/h2-8,14-15,20H,19H2,1H3. The SMILES string of the molecule is Cc1ccc(F)c(C(NN)c2cccc(OC(F)F)c2)c1. The highest BCUT2D eigenvalue weighted by molar-refractivity contribution is 5.38. The van der Waals surface area contributed by atoms with E-state index in [4.69, 9.17) is 5.84 Å². The van der Waals surface area contributed by atoms with Crippen molar-refractivity contribution in [1.29, 1.82) is 0 Å². The second-order valence-electron chi connectivity index (χ2n) is 4.58. The predicted molar refractivity (Wildman–Crippen MR) is 73.4 cm³/mol. The van der Waals surface area contributed by atoms with Crippen molar-refractivity contribution in [3.8, 4) is 5.75 Å². The van der Waals surface area contributed by atoms with Gasteiger partial charge in [-0.2, -0.15) is 8.78 Å². The summed E-state index contributed by atoms with van der Waals surface area (Å²) in [5.41, 5.74) is 4.23. The van der Waals surface area contributed by atoms with Gasteiger partial charge in [-0.15, -0.1) is 0 Å². The number of nitrogens with two attached hydrogens (primary N) is 1. The zero-order valence-electron chi connectivity index (χ0n) is 11.3. The molecule has 0 radical (unpaired) electrons. The number of hydrazine groups is 1. The quantitative estimate of drug-likeness (QED) is 0.657. The molecule has 0 heterocycles. The van der Waals surface area contributed by atoms with Gasteiger partial charge in [0.15, 0.2) is 0 Å². The number of hydrogen-bond donors (Lipinski definition) is 2. The van der Waals surface area contributed by atoms with Crippen molar-refractivity contribution in [2.75, 3.05) is 0 Å². The van der Waals surface area contributed by atoms with E-state index in [0.29, 0.717) is 11.1 Å². The molecule has 0 aliphatic carbocycles. The van der Waals surface area contributed by atoms with Crippen LogP contribution in [0.25, 0.3) is 0 Å². The molecule has 0 saturated heterocycles. The van der Waals surface area contributed by atoms with Crippen molar-refractivity contribution in [2.24, 2.45) is 5.84 Å². The molecule has 2 rings (SSSR count). The van der Waals surface area contributed by atoms with E-state index in [1.807, 2.05) is 6.92 Å². The molecular weight excluding hydrogens is 281 g/mol. The zero-order chi connectivity index (χ0) is 15.4. The molecule has 0 saturated carbocycles. The van der Waals surface area contributed by atoms with Gasteiger partial charge in [-0.25, -0.2) is 9.82 Å². The Morgan fingerprint density at radius 2 is 1.90 bits per heavy atom. The molecule has 1 unspecified atom stereocenters. The van der Waals surface area contributed by atoms with E-state index in [0.717, 1.165) is 5.56 Å². The summed E-state index contributed by atoms with van der Waals surface area (Å²) in [5.74, 6) is 5.07. The number of rotatable bonds is 5. The van der Waals surface area contributed by atoms with Crippen LogP contribution in [0, 0.1) is 12.7 Å². The maximum atomic E-state index is 14.0. The fourth-order valence-corrected chi connectivity index (χ4v) is 2.12. The van der Waals surface area contributed by atoms with Crippen molar-refractivity contribution in [3.63, 3.8) is 0 Å². The first-order chi connectivity index (χ1) is 10.0. The molecule has 0 aromatic heterocycles. The predicted octanol–water partition coefficient (Wildman–Crippen LogP) is 3.29. The van der Waals surface area contributed by atoms with E-state index in [1.54, 1.807) is 24.3 Å². The number of ether oxygens (including phenoxy) is 1. The van der Waals surface area contributed by atoms with Gasteiger partial charge in [0.05, 0.1) is 6.04 Å². The second kappa shape index (κ2) is 6.60. The van der Waals surface area contributed by atoms with Crippen molar-refractivity contribution < 1.29 is 17.9 Å². The second-order valence-corrected chi connectivity index (χ2v) is 4.58. The number of aryl methyl sites for hydroxylation is 1. The summed E-state index contributed by atoms with van der Waals surface area (Å²) >= 11 is 0. The van der Waals surface area contributed by atoms with Gasteiger partial charge in [0.2, 0.25) is 0 Å². The maximum absolute atomic E-state index is 14.0. The molecule has 0 aliphatic rings. The zero-order valence-corrected chi connectivity index (χ0v) is 11.3. The Morgan fingerprint density at radius 1 is 1.14 bits per heavy atom. The Kier molecular flexibility index (Phi) is 4.82. The number of nitrogens with one attached hydrogen (secondary N) is 1. The summed E-state index contributed by atoms with van der Waals surface area (Å²) in [5, 5.41) is 0. The van der Waals surface area contributed by atoms with Crippen molar-refractivity contribution in [3.05, 3.63) is 65.0 Å². The van der Waals surface area contributed by atoms with Crippen LogP contribution in [0.4, 0.5) is 13.2 Å². The monoisotopic (exact) mass is 296 g/mol. The average molecular weight is 296 g/mol. The van der Waals surface area contributed by atoms with E-state index in [9.17, 15) is 13.2 Å². The van der Waals surface area contributed by atoms with Crippen molar-refractivity contribution in [1.82, 2.24) is 5.43 Å². The molecule has 0 spiro atoms. The van der Waals surface area contributed by atoms with E-state index in [2.05, 4.69) is 10.2 Å². The van der Waals surface area contributed by atoms with Gasteiger partial charge in [0.25, 0.3) is 0 Å². The lowest BCUT2D eigenvalue weighted by Gasteiger charge is -2.19. The van der Waals surface area contributed by atoms with Crippen LogP contribution in [0.5, 0.6) is 5.75 Å². The molecule has 2 aromatic rings. The molecule has 0 bridgehead atoms. The third-order valence-corrected chi connectivity index (χ3v) is 3.05. The fraction of sp³-hybridized carbons (Fsp3) is 0.200. The topological polar surface area (TPSA) is 47.3 Å². The van der Waals surface area contributed by atoms with E-state index in [-0.39, 0.29) is 5.75 Å². The lowest BCUT2D eigenvalue weighted by molar-refractivity contribution is -0.0498. The van der Waals surface area contributed by atoms with E-state index in [1.165, 1.54) is 18.2 Å². The van der Waals surface area contributed by atoms with Gasteiger partial charge in [0, 0.05) is 5.56 Å². The minimum Gasteiger partial charge on any atom is -0.435 e. The Labute approximate surface area is 120 Å². The molecule has 3 nitrogen and oxygen atoms in total. The number of benzene rings is 2. The third-order valence-electron chi connectivity index (χ3n) is 3.05. The van der Waals surface area contributed by atoms with Crippen LogP contribution in [0.1, 0.15) is 22.7 Å². The van der Waals surface area contributed by atoms with Gasteiger partial charge >= 0.3 is 6.61 Å². The Hall–Kier alpha value is -2.05. The maximum Gasteiger partial charge on any atom is 0.387 e. The summed E-state index contributed by atoms with van der Waals surface area (Å²) in [6.07, 6.45) is 0. The minimum atomic E-state index is -2.92. The normalized spacial score (nSPS) is 12.5. The van der Waals surface area contributed by atoms with Crippen LogP contribution in [0.2, 0.25) is 0 Å². The van der Waals surface area contributed by atoms with Gasteiger partial charge < -0.3 is 4.74 Å². The molecule has 1 atom stereocenters. The van der Waals surface area contributed by atoms with Crippen molar-refractivity contribution >= 4 is 0 Å². The first-order valence-corrected chi connectivity index (χ1v) is 6.28. The first kappa shape index (κ1) is 15.3. The van der Waals surface area contributed by atoms with Gasteiger partial charge in [-0.05, 0) is 30.7 Å². The van der Waals surface area contributed by atoms with Crippen LogP contribution in [0.15, 0.2) is 42.5 Å². The summed E-state index contributed by atoms with van der Waals surface area (Å²) in [4.78, 5) is 0. The van der Waals surface area contributed by atoms with Gasteiger partial charge in [-0.3, -0.25) is 5.84 Å². The summed E-state index contributed by atoms with van der Waals surface area (Å²) in [6.45, 7) is -1.09. The summed E-state index contributed by atoms with van der Waals surface area (Å²) < 4.78 is 42.8. The highest BCUT2D eigenvalue weighted by Crippen LogP contribution is 2.27. The largest absolute Gasteiger partial charge is 0.435 e. The van der Waals surface area contributed by atoms with Crippen LogP contribution >= 0.6 is 0 Å². The van der Waals surface area contributed by atoms with Crippen LogP contribution in [0.3, 0.4) is 0 Å². The molecule has 2 aromatic carbocycles. The van der Waals surface area contributed by atoms with E-state index < -0.39 is 18.5 Å². The average Bonchev–Trinajstić information content (AvgIpc) is 2.43. The van der Waals surface area contributed by atoms with Gasteiger partial charge in [-0.1, -0.05) is 29.8 Å². The molecule has 0 amide bonds. The molecule has 3 N–H and O–H groups in total. The Balaban J connectivity index is 2.39. The molecule has 0 fully saturated rings. The van der Waals surface area contributed by atoms with Crippen LogP contribution in [-0.4, -0.2) is 6.61 Å². The molecule has 6 heteroatoms. The van der Waals surface area contributed by atoms with Gasteiger partial charge in [0.1, 0.15) is 11.6 Å². The number of hydrogen-bond acceptors (Lipinski definition) is 3. The molecule has 21 heavy (non-hydrogen) atoms. The highest BCUT2D eigenvalue weighted by atomic mass is 19.3. The number of alkyl halides is 2. The lowest BCUT2D eigenvalue weighted by Crippen LogP contribution is -2.29. The molecule has 0 aliphatic heterocycles. The molecular formula is C15H15F3N2O. The minimum absolute atomic E-state index is 0.00388. The summed E-state index contributed by atoms with van der Waals surface area (Å²) in [7, 11) is 0. The van der Waals surface area contributed by atoms with Crippen molar-refractivity contribution in [2.45, 2.75) is 19.6 Å². The first-order valence-electron chi connectivity index (χ1n) is 6.28. The Morgan fingerprint density at radius 3 is 2.57 bits per heavy atom. The third kappa shape index (κ3) is 3.74. The van der Waals surface area contributed by atoms with Crippen LogP contribution < -0.4 is 16.0 Å². The van der Waals surface area contributed by atoms with E-state index >= 15 is 0 Å². The lowest BCUT2D eigenvalue weighted by atomic mass is 9.97. The Bertz CT molecular complexity index is 620. The summed E-state index contributed by atoms with van der Waals surface area (Å²) in [6, 6.07) is 9.98. The smallest absolute Gasteiger partial charge is 0.387 e. The molecule has 112 valence electrons. The highest BCUT2D eigenvalue weighted by Gasteiger charge is 2.18. The fourth-order valence-electron chi connectivity index (χ4n) is 2.12. The van der Waals surface area contributed by atoms with Crippen LogP contribution in [-0.2, 0) is 0 Å².